The number of carbonyl (C=O) groups excluding carboxylic acids is 1. The number of amides is 2. The summed E-state index contributed by atoms with van der Waals surface area (Å²) in [5.74, 6) is -0.191. The average Bonchev–Trinajstić information content (AvgIpc) is 2.70. The molecule has 1 fully saturated rings. The minimum Gasteiger partial charge on any atom is -0.505 e. The summed E-state index contributed by atoms with van der Waals surface area (Å²) in [6, 6.07) is 9.90. The van der Waals surface area contributed by atoms with Gasteiger partial charge in [-0.1, -0.05) is 36.7 Å². The van der Waals surface area contributed by atoms with E-state index in [1.54, 1.807) is 18.2 Å². The highest BCUT2D eigenvalue weighted by atomic mass is 35.5. The first-order valence-electron chi connectivity index (χ1n) is 9.39. The third-order valence-corrected chi connectivity index (χ3v) is 6.44. The zero-order valence-corrected chi connectivity index (χ0v) is 17.6. The number of aryl methyl sites for hydroxylation is 1. The van der Waals surface area contributed by atoms with Crippen molar-refractivity contribution in [1.29, 1.82) is 0 Å². The van der Waals surface area contributed by atoms with E-state index in [2.05, 4.69) is 0 Å². The van der Waals surface area contributed by atoms with Gasteiger partial charge in [0.15, 0.2) is 0 Å². The minimum absolute atomic E-state index is 0.0919. The molecule has 1 unspecified atom stereocenters. The Morgan fingerprint density at radius 1 is 1.24 bits per heavy atom. The summed E-state index contributed by atoms with van der Waals surface area (Å²) in [4.78, 5) is 13.6. The van der Waals surface area contributed by atoms with Crippen LogP contribution in [0.1, 0.15) is 36.8 Å². The van der Waals surface area contributed by atoms with Gasteiger partial charge in [0, 0.05) is 23.7 Å². The van der Waals surface area contributed by atoms with Crippen LogP contribution in [0.2, 0.25) is 5.02 Å². The number of para-hydroxylation sites is 1. The molecule has 7 nitrogen and oxygen atoms in total. The summed E-state index contributed by atoms with van der Waals surface area (Å²) in [6.45, 7) is 2.79. The van der Waals surface area contributed by atoms with Crippen LogP contribution in [0.15, 0.2) is 36.4 Å². The molecule has 29 heavy (non-hydrogen) atoms. The van der Waals surface area contributed by atoms with E-state index < -0.39 is 17.3 Å². The summed E-state index contributed by atoms with van der Waals surface area (Å²) in [5, 5.41) is 11.5. The number of phenols is 1. The first kappa shape index (κ1) is 21.6. The lowest BCUT2D eigenvalue weighted by molar-refractivity contribution is 0.255. The van der Waals surface area contributed by atoms with Gasteiger partial charge in [-0.2, -0.15) is 0 Å². The van der Waals surface area contributed by atoms with Crippen LogP contribution in [0.5, 0.6) is 5.75 Å². The lowest BCUT2D eigenvalue weighted by atomic mass is 9.89. The lowest BCUT2D eigenvalue weighted by Crippen LogP contribution is -2.34. The Balaban J connectivity index is 2.03. The number of urea groups is 1. The summed E-state index contributed by atoms with van der Waals surface area (Å²) >= 11 is 4.39. The molecule has 2 aromatic carbocycles. The molecule has 1 atom stereocenters. The molecular weight excluding hydrogens is 414 g/mol. The number of anilines is 2. The number of piperidine rings is 1. The Morgan fingerprint density at radius 2 is 1.90 bits per heavy atom. The fourth-order valence-electron chi connectivity index (χ4n) is 3.84. The van der Waals surface area contributed by atoms with Crippen molar-refractivity contribution in [2.45, 2.75) is 32.1 Å². The molecule has 1 heterocycles. The van der Waals surface area contributed by atoms with E-state index in [1.807, 2.05) is 25.1 Å². The molecule has 0 radical (unpaired) electrons. The maximum atomic E-state index is 12.3. The molecule has 0 aromatic heterocycles. The van der Waals surface area contributed by atoms with Crippen molar-refractivity contribution in [3.63, 3.8) is 0 Å². The second-order valence-corrected chi connectivity index (χ2v) is 8.30. The van der Waals surface area contributed by atoms with Crippen molar-refractivity contribution in [3.8, 4) is 5.75 Å². The van der Waals surface area contributed by atoms with E-state index in [1.165, 1.54) is 9.21 Å². The number of hydrogen-bond acceptors (Lipinski definition) is 3. The number of hydrogen-bond donors (Lipinski definition) is 3. The van der Waals surface area contributed by atoms with E-state index >= 15 is 0 Å². The number of carbonyl (C=O) groups is 1. The molecule has 3 rings (SSSR count). The highest BCUT2D eigenvalue weighted by molar-refractivity contribution is 7.76. The number of nitrogens with two attached hydrogens (primary N) is 1. The number of aromatic hydroxyl groups is 1. The predicted octanol–water partition coefficient (Wildman–Crippen LogP) is 4.14. The van der Waals surface area contributed by atoms with Crippen molar-refractivity contribution in [2.24, 2.45) is 5.73 Å². The Hall–Kier alpha value is -2.13. The summed E-state index contributed by atoms with van der Waals surface area (Å²) < 4.78 is 22.0. The first-order chi connectivity index (χ1) is 13.8. The van der Waals surface area contributed by atoms with E-state index in [4.69, 9.17) is 17.3 Å². The molecule has 156 valence electrons. The molecular formula is C20H24ClN3O4S. The highest BCUT2D eigenvalue weighted by Gasteiger charge is 2.30. The Labute approximate surface area is 177 Å². The van der Waals surface area contributed by atoms with Crippen molar-refractivity contribution in [1.82, 2.24) is 4.31 Å². The van der Waals surface area contributed by atoms with Crippen LogP contribution < -0.4 is 10.6 Å². The Morgan fingerprint density at radius 3 is 2.48 bits per heavy atom. The van der Waals surface area contributed by atoms with Crippen molar-refractivity contribution in [3.05, 3.63) is 52.5 Å². The van der Waals surface area contributed by atoms with Crippen LogP contribution in [0, 0.1) is 0 Å². The second kappa shape index (κ2) is 9.13. The van der Waals surface area contributed by atoms with Crippen molar-refractivity contribution >= 4 is 40.3 Å². The number of phenolic OH excluding ortho intramolecular Hbond substituents is 1. The molecule has 0 bridgehead atoms. The van der Waals surface area contributed by atoms with Gasteiger partial charge in [0.2, 0.25) is 11.3 Å². The maximum absolute atomic E-state index is 12.3. The van der Waals surface area contributed by atoms with Gasteiger partial charge in [-0.25, -0.2) is 13.3 Å². The number of halogens is 1. The fraction of sp³-hybridized carbons (Fsp3) is 0.350. The van der Waals surface area contributed by atoms with E-state index in [9.17, 15) is 18.7 Å². The normalized spacial score (nSPS) is 16.5. The predicted molar refractivity (Wildman–Crippen MR) is 115 cm³/mol. The average molecular weight is 438 g/mol. The van der Waals surface area contributed by atoms with Gasteiger partial charge < -0.3 is 10.8 Å². The monoisotopic (exact) mass is 437 g/mol. The summed E-state index contributed by atoms with van der Waals surface area (Å²) in [5.41, 5.74) is 8.02. The standard InChI is InChI=1S/C20H24ClN3O4S/c1-2-13-5-3-4-6-16(13)24(20(22)26)17-8-7-15(21)18(19(17)25)14-9-11-23(12-10-14)29(27)28/h3-8,14,25H,2,9-12H2,1H3,(H2,22,26)(H,27,28). The fourth-order valence-corrected chi connectivity index (χ4v) is 4.67. The maximum Gasteiger partial charge on any atom is 0.324 e. The first-order valence-corrected chi connectivity index (χ1v) is 10.8. The van der Waals surface area contributed by atoms with Gasteiger partial charge >= 0.3 is 6.03 Å². The number of nitrogens with zero attached hydrogens (tertiary/aromatic N) is 2. The molecule has 2 amide bonds. The van der Waals surface area contributed by atoms with Gasteiger partial charge in [-0.15, -0.1) is 0 Å². The van der Waals surface area contributed by atoms with Gasteiger partial charge in [0.25, 0.3) is 0 Å². The quantitative estimate of drug-likeness (QED) is 0.611. The van der Waals surface area contributed by atoms with Crippen LogP contribution in [0.25, 0.3) is 0 Å². The zero-order valence-electron chi connectivity index (χ0n) is 16.0. The molecule has 0 aliphatic carbocycles. The van der Waals surface area contributed by atoms with Gasteiger partial charge in [-0.3, -0.25) is 9.45 Å². The third kappa shape index (κ3) is 4.40. The van der Waals surface area contributed by atoms with Crippen LogP contribution in [-0.4, -0.2) is 37.3 Å². The Bertz CT molecular complexity index is 932. The third-order valence-electron chi connectivity index (χ3n) is 5.30. The molecule has 2 aromatic rings. The highest BCUT2D eigenvalue weighted by Crippen LogP contribution is 2.45. The molecule has 1 aliphatic rings. The number of primary amides is 1. The largest absolute Gasteiger partial charge is 0.505 e. The molecule has 4 N–H and O–H groups in total. The molecule has 9 heteroatoms. The van der Waals surface area contributed by atoms with Crippen LogP contribution in [0.3, 0.4) is 0 Å². The minimum atomic E-state index is -2.01. The molecule has 1 saturated heterocycles. The lowest BCUT2D eigenvalue weighted by Gasteiger charge is -2.31. The molecule has 0 spiro atoms. The zero-order chi connectivity index (χ0) is 21.1. The number of rotatable bonds is 5. The second-order valence-electron chi connectivity index (χ2n) is 6.92. The van der Waals surface area contributed by atoms with E-state index in [0.717, 1.165) is 5.56 Å². The Kier molecular flexibility index (Phi) is 6.79. The van der Waals surface area contributed by atoms with Crippen molar-refractivity contribution in [2.75, 3.05) is 18.0 Å². The topological polar surface area (TPSA) is 107 Å². The summed E-state index contributed by atoms with van der Waals surface area (Å²) in [6.07, 6.45) is 1.81. The van der Waals surface area contributed by atoms with E-state index in [0.29, 0.717) is 48.6 Å². The van der Waals surface area contributed by atoms with Gasteiger partial charge in [-0.05, 0) is 48.9 Å². The van der Waals surface area contributed by atoms with Crippen LogP contribution in [-0.2, 0) is 17.7 Å². The van der Waals surface area contributed by atoms with Crippen LogP contribution in [0.4, 0.5) is 16.2 Å². The smallest absolute Gasteiger partial charge is 0.324 e. The SMILES string of the molecule is CCc1ccccc1N(C(N)=O)c1ccc(Cl)c(C2CCN(S(=O)O)CC2)c1O. The van der Waals surface area contributed by atoms with Crippen molar-refractivity contribution < 1.29 is 18.7 Å². The van der Waals surface area contributed by atoms with E-state index in [-0.39, 0.29) is 17.4 Å². The van der Waals surface area contributed by atoms with Gasteiger partial charge in [0.1, 0.15) is 5.75 Å². The number of benzene rings is 2. The van der Waals surface area contributed by atoms with Crippen LogP contribution >= 0.6 is 11.6 Å². The summed E-state index contributed by atoms with van der Waals surface area (Å²) in [7, 11) is 0. The molecule has 0 saturated carbocycles. The molecule has 1 aliphatic heterocycles. The van der Waals surface area contributed by atoms with Gasteiger partial charge in [0.05, 0.1) is 11.4 Å².